The SMILES string of the molecule is CCCC(OC(=O)Nc1cccc(C(C)=O)c1)C1CC(Cc2ccccc2)CCN1CCCNC(=O)Nc1cccc(C(C)=O)c1. The van der Waals surface area contributed by atoms with Crippen molar-refractivity contribution in [1.82, 2.24) is 10.2 Å². The second-order valence-electron chi connectivity index (χ2n) is 12.0. The zero-order valence-corrected chi connectivity index (χ0v) is 27.1. The number of hydrogen-bond donors (Lipinski definition) is 3. The Labute approximate surface area is 272 Å². The van der Waals surface area contributed by atoms with Gasteiger partial charge in [0.1, 0.15) is 6.10 Å². The number of anilines is 2. The molecule has 4 rings (SSSR count). The molecule has 0 bridgehead atoms. The second-order valence-corrected chi connectivity index (χ2v) is 12.0. The van der Waals surface area contributed by atoms with Crippen LogP contribution < -0.4 is 16.0 Å². The van der Waals surface area contributed by atoms with Crippen LogP contribution in [0.15, 0.2) is 78.9 Å². The molecule has 0 radical (unpaired) electrons. The molecule has 1 aliphatic rings. The minimum absolute atomic E-state index is 0.0277. The third-order valence-electron chi connectivity index (χ3n) is 8.45. The number of nitrogens with zero attached hydrogens (tertiary/aromatic N) is 1. The van der Waals surface area contributed by atoms with Crippen LogP contribution in [0.25, 0.3) is 0 Å². The molecule has 46 heavy (non-hydrogen) atoms. The molecule has 0 aromatic heterocycles. The molecular formula is C37H46N4O5. The number of Topliss-reactive ketones (excluding diaryl/α,β-unsaturated/α-hetero) is 2. The summed E-state index contributed by atoms with van der Waals surface area (Å²) in [6.45, 7) is 7.17. The molecule has 3 amide bonds. The van der Waals surface area contributed by atoms with Crippen LogP contribution >= 0.6 is 0 Å². The second kappa shape index (κ2) is 17.3. The molecule has 3 aromatic rings. The van der Waals surface area contributed by atoms with E-state index in [2.05, 4.69) is 52.0 Å². The number of urea groups is 1. The number of piperidine rings is 1. The minimum atomic E-state index is -0.531. The van der Waals surface area contributed by atoms with Crippen molar-refractivity contribution in [2.24, 2.45) is 5.92 Å². The van der Waals surface area contributed by atoms with Crippen LogP contribution in [0.5, 0.6) is 0 Å². The van der Waals surface area contributed by atoms with Gasteiger partial charge in [0, 0.05) is 41.6 Å². The third-order valence-corrected chi connectivity index (χ3v) is 8.45. The first kappa shape index (κ1) is 34.4. The number of benzene rings is 3. The Morgan fingerprint density at radius 3 is 2.15 bits per heavy atom. The summed E-state index contributed by atoms with van der Waals surface area (Å²) in [6.07, 6.45) is 4.37. The van der Waals surface area contributed by atoms with Gasteiger partial charge in [0.25, 0.3) is 0 Å². The van der Waals surface area contributed by atoms with E-state index >= 15 is 0 Å². The molecule has 1 aliphatic heterocycles. The monoisotopic (exact) mass is 626 g/mol. The predicted molar refractivity (Wildman–Crippen MR) is 182 cm³/mol. The van der Waals surface area contributed by atoms with Crippen molar-refractivity contribution in [2.45, 2.75) is 71.4 Å². The number of ether oxygens (including phenoxy) is 1. The maximum Gasteiger partial charge on any atom is 0.411 e. The summed E-state index contributed by atoms with van der Waals surface area (Å²) in [4.78, 5) is 51.6. The lowest BCUT2D eigenvalue weighted by atomic mass is 9.83. The Morgan fingerprint density at radius 1 is 0.870 bits per heavy atom. The molecular weight excluding hydrogens is 580 g/mol. The van der Waals surface area contributed by atoms with Gasteiger partial charge in [-0.15, -0.1) is 0 Å². The molecule has 1 saturated heterocycles. The highest BCUT2D eigenvalue weighted by Gasteiger charge is 2.35. The van der Waals surface area contributed by atoms with Gasteiger partial charge in [-0.1, -0.05) is 67.9 Å². The average Bonchev–Trinajstić information content (AvgIpc) is 3.04. The molecule has 1 fully saturated rings. The van der Waals surface area contributed by atoms with Gasteiger partial charge >= 0.3 is 12.1 Å². The van der Waals surface area contributed by atoms with E-state index in [9.17, 15) is 19.2 Å². The topological polar surface area (TPSA) is 117 Å². The summed E-state index contributed by atoms with van der Waals surface area (Å²) in [5, 5.41) is 8.54. The molecule has 3 atom stereocenters. The third kappa shape index (κ3) is 10.5. The van der Waals surface area contributed by atoms with Crippen molar-refractivity contribution in [1.29, 1.82) is 0 Å². The van der Waals surface area contributed by atoms with Gasteiger partial charge in [-0.3, -0.25) is 19.8 Å². The van der Waals surface area contributed by atoms with Gasteiger partial charge < -0.3 is 15.4 Å². The lowest BCUT2D eigenvalue weighted by Gasteiger charge is -2.43. The lowest BCUT2D eigenvalue weighted by Crippen LogP contribution is -2.51. The van der Waals surface area contributed by atoms with Crippen molar-refractivity contribution in [2.75, 3.05) is 30.3 Å². The largest absolute Gasteiger partial charge is 0.444 e. The van der Waals surface area contributed by atoms with E-state index in [-0.39, 0.29) is 29.7 Å². The highest BCUT2D eigenvalue weighted by molar-refractivity contribution is 5.97. The van der Waals surface area contributed by atoms with E-state index in [1.807, 2.05) is 6.07 Å². The van der Waals surface area contributed by atoms with Crippen LogP contribution in [0.2, 0.25) is 0 Å². The van der Waals surface area contributed by atoms with E-state index in [1.54, 1.807) is 48.5 Å². The fourth-order valence-electron chi connectivity index (χ4n) is 6.11. The Balaban J connectivity index is 1.38. The minimum Gasteiger partial charge on any atom is -0.444 e. The van der Waals surface area contributed by atoms with Crippen LogP contribution in [0.1, 0.15) is 79.2 Å². The number of rotatable bonds is 14. The van der Waals surface area contributed by atoms with Crippen LogP contribution in [-0.2, 0) is 11.2 Å². The molecule has 0 aliphatic carbocycles. The Hall–Kier alpha value is -4.50. The van der Waals surface area contributed by atoms with Crippen molar-refractivity contribution < 1.29 is 23.9 Å². The first-order valence-corrected chi connectivity index (χ1v) is 16.2. The summed E-state index contributed by atoms with van der Waals surface area (Å²) >= 11 is 0. The van der Waals surface area contributed by atoms with Gasteiger partial charge in [-0.2, -0.15) is 0 Å². The van der Waals surface area contributed by atoms with Gasteiger partial charge in [0.05, 0.1) is 0 Å². The molecule has 1 heterocycles. The van der Waals surface area contributed by atoms with Crippen molar-refractivity contribution >= 4 is 35.1 Å². The smallest absolute Gasteiger partial charge is 0.411 e. The number of ketones is 2. The zero-order valence-electron chi connectivity index (χ0n) is 27.1. The molecule has 9 nitrogen and oxygen atoms in total. The van der Waals surface area contributed by atoms with Crippen LogP contribution in [0.3, 0.4) is 0 Å². The van der Waals surface area contributed by atoms with Gasteiger partial charge in [0.15, 0.2) is 11.6 Å². The number of carbonyl (C=O) groups is 4. The van der Waals surface area contributed by atoms with E-state index in [0.717, 1.165) is 51.6 Å². The zero-order chi connectivity index (χ0) is 32.9. The number of hydrogen-bond acceptors (Lipinski definition) is 6. The van der Waals surface area contributed by atoms with Gasteiger partial charge in [-0.05, 0) is 88.2 Å². The lowest BCUT2D eigenvalue weighted by molar-refractivity contribution is -0.00374. The summed E-state index contributed by atoms with van der Waals surface area (Å²) in [7, 11) is 0. The Kier molecular flexibility index (Phi) is 12.9. The maximum atomic E-state index is 13.1. The number of likely N-dealkylation sites (tertiary alicyclic amines) is 1. The van der Waals surface area contributed by atoms with E-state index < -0.39 is 6.09 Å². The molecule has 9 heteroatoms. The van der Waals surface area contributed by atoms with Crippen molar-refractivity contribution in [3.63, 3.8) is 0 Å². The van der Waals surface area contributed by atoms with Crippen LogP contribution in [-0.4, -0.2) is 60.4 Å². The van der Waals surface area contributed by atoms with Gasteiger partial charge in [-0.25, -0.2) is 9.59 Å². The number of amides is 3. The fourth-order valence-corrected chi connectivity index (χ4v) is 6.11. The normalized spacial score (nSPS) is 17.0. The highest BCUT2D eigenvalue weighted by atomic mass is 16.6. The van der Waals surface area contributed by atoms with E-state index in [4.69, 9.17) is 4.74 Å². The Bertz CT molecular complexity index is 1480. The number of nitrogens with one attached hydrogen (secondary N) is 3. The molecule has 3 unspecified atom stereocenters. The number of carbonyl (C=O) groups excluding carboxylic acids is 4. The van der Waals surface area contributed by atoms with Crippen LogP contribution in [0.4, 0.5) is 21.0 Å². The summed E-state index contributed by atoms with van der Waals surface area (Å²) in [6, 6.07) is 23.9. The first-order chi connectivity index (χ1) is 22.2. The molecule has 3 aromatic carbocycles. The Morgan fingerprint density at radius 2 is 1.52 bits per heavy atom. The standard InChI is InChI=1S/C37H46N4O5/c1-4-11-35(46-37(45)40-33-17-9-15-31(25-33)27(3)43)34-23-29(22-28-12-6-5-7-13-28)18-21-41(34)20-10-19-38-36(44)39-32-16-8-14-30(24-32)26(2)42/h5-9,12-17,24-25,29,34-35H,4,10-11,18-23H2,1-3H3,(H,40,45)(H2,38,39,44). The fraction of sp³-hybridized carbons (Fsp3) is 0.405. The molecule has 0 saturated carbocycles. The van der Waals surface area contributed by atoms with Gasteiger partial charge in [0.2, 0.25) is 0 Å². The summed E-state index contributed by atoms with van der Waals surface area (Å²) < 4.78 is 6.12. The van der Waals surface area contributed by atoms with Crippen molar-refractivity contribution in [3.05, 3.63) is 95.6 Å². The summed E-state index contributed by atoms with van der Waals surface area (Å²) in [5.41, 5.74) is 3.46. The summed E-state index contributed by atoms with van der Waals surface area (Å²) in [5.74, 6) is 0.324. The van der Waals surface area contributed by atoms with E-state index in [1.165, 1.54) is 19.4 Å². The van der Waals surface area contributed by atoms with Crippen LogP contribution in [0, 0.1) is 5.92 Å². The van der Waals surface area contributed by atoms with E-state index in [0.29, 0.717) is 35.0 Å². The van der Waals surface area contributed by atoms with Crippen molar-refractivity contribution in [3.8, 4) is 0 Å². The average molecular weight is 627 g/mol. The quantitative estimate of drug-likeness (QED) is 0.127. The highest BCUT2D eigenvalue weighted by Crippen LogP contribution is 2.31. The molecule has 0 spiro atoms. The first-order valence-electron chi connectivity index (χ1n) is 16.2. The predicted octanol–water partition coefficient (Wildman–Crippen LogP) is 7.34. The molecule has 244 valence electrons. The maximum absolute atomic E-state index is 13.1. The molecule has 3 N–H and O–H groups in total.